The van der Waals surface area contributed by atoms with Crippen LogP contribution in [0.15, 0.2) is 18.3 Å². The summed E-state index contributed by atoms with van der Waals surface area (Å²) in [7, 11) is -4.48. The van der Waals surface area contributed by atoms with Gasteiger partial charge in [0.25, 0.3) is 0 Å². The molecule has 3 aromatic heterocycles. The molecule has 3 rings (SSSR count). The molecule has 0 amide bonds. The molecule has 11 heteroatoms. The van der Waals surface area contributed by atoms with E-state index in [-0.39, 0.29) is 16.3 Å². The third-order valence-corrected chi connectivity index (χ3v) is 3.97. The predicted molar refractivity (Wildman–Crippen MR) is 65.1 cm³/mol. The number of nitrogens with one attached hydrogen (secondary N) is 1. The van der Waals surface area contributed by atoms with Crippen LogP contribution in [-0.2, 0) is 4.57 Å². The van der Waals surface area contributed by atoms with E-state index in [0.717, 1.165) is 0 Å². The summed E-state index contributed by atoms with van der Waals surface area (Å²) < 4.78 is 12.7. The number of fused-ring (bicyclic) bond motifs is 1. The zero-order chi connectivity index (χ0) is 13.6. The second-order valence-electron chi connectivity index (χ2n) is 3.63. The number of imidazole rings is 1. The lowest BCUT2D eigenvalue weighted by atomic mass is 10.4. The van der Waals surface area contributed by atoms with Crippen molar-refractivity contribution in [2.24, 2.45) is 0 Å². The second-order valence-corrected chi connectivity index (χ2v) is 5.55. The molecule has 0 aliphatic rings. The van der Waals surface area contributed by atoms with E-state index < -0.39 is 7.60 Å². The lowest BCUT2D eigenvalue weighted by Crippen LogP contribution is -2.10. The van der Waals surface area contributed by atoms with Crippen molar-refractivity contribution in [2.45, 2.75) is 0 Å². The van der Waals surface area contributed by atoms with Crippen LogP contribution < -0.4 is 5.30 Å². The minimum Gasteiger partial charge on any atom is -0.321 e. The summed E-state index contributed by atoms with van der Waals surface area (Å²) in [5, 5.41) is 12.8. The van der Waals surface area contributed by atoms with Gasteiger partial charge < -0.3 is 9.79 Å². The molecule has 0 spiro atoms. The molecule has 3 aromatic rings. The molecule has 0 unspecified atom stereocenters. The SMILES string of the molecule is O=P(O)(O)c1ccc2ncc(-c3nn[nH]n3)n2c1Cl. The molecule has 3 heterocycles. The fraction of sp³-hybridized carbons (Fsp3) is 0. The van der Waals surface area contributed by atoms with Crippen LogP contribution in [0.2, 0.25) is 5.15 Å². The highest BCUT2D eigenvalue weighted by Crippen LogP contribution is 2.37. The second kappa shape index (κ2) is 4.10. The fourth-order valence-corrected chi connectivity index (χ4v) is 2.85. The number of aromatic amines is 1. The molecular weight excluding hydrogens is 295 g/mol. The van der Waals surface area contributed by atoms with Crippen molar-refractivity contribution in [1.29, 1.82) is 0 Å². The van der Waals surface area contributed by atoms with Crippen molar-refractivity contribution in [3.05, 3.63) is 23.5 Å². The minimum absolute atomic E-state index is 0.136. The summed E-state index contributed by atoms with van der Waals surface area (Å²) in [6.45, 7) is 0. The highest BCUT2D eigenvalue weighted by atomic mass is 35.5. The van der Waals surface area contributed by atoms with Crippen molar-refractivity contribution < 1.29 is 14.4 Å². The molecule has 19 heavy (non-hydrogen) atoms. The number of tetrazole rings is 1. The third-order valence-electron chi connectivity index (χ3n) is 2.48. The molecular formula is C8H6ClN6O3P. The number of H-pyrrole nitrogens is 1. The van der Waals surface area contributed by atoms with E-state index in [4.69, 9.17) is 11.6 Å². The Kier molecular flexibility index (Phi) is 2.64. The van der Waals surface area contributed by atoms with Crippen molar-refractivity contribution >= 4 is 30.1 Å². The number of hydrogen-bond donors (Lipinski definition) is 3. The highest BCUT2D eigenvalue weighted by molar-refractivity contribution is 7.60. The van der Waals surface area contributed by atoms with Crippen molar-refractivity contribution in [1.82, 2.24) is 30.0 Å². The quantitative estimate of drug-likeness (QED) is 0.447. The van der Waals surface area contributed by atoms with Gasteiger partial charge in [0.2, 0.25) is 5.82 Å². The van der Waals surface area contributed by atoms with Gasteiger partial charge in [0.1, 0.15) is 16.5 Å². The van der Waals surface area contributed by atoms with Gasteiger partial charge >= 0.3 is 7.60 Å². The molecule has 0 aliphatic carbocycles. The molecule has 0 fully saturated rings. The van der Waals surface area contributed by atoms with Crippen LogP contribution in [-0.4, -0.2) is 39.8 Å². The Hall–Kier alpha value is -1.80. The van der Waals surface area contributed by atoms with Gasteiger partial charge in [-0.1, -0.05) is 11.6 Å². The molecule has 0 saturated heterocycles. The zero-order valence-corrected chi connectivity index (χ0v) is 10.7. The lowest BCUT2D eigenvalue weighted by molar-refractivity contribution is 0.387. The van der Waals surface area contributed by atoms with Crippen LogP contribution in [0.5, 0.6) is 0 Å². The van der Waals surface area contributed by atoms with Crippen LogP contribution in [0.4, 0.5) is 0 Å². The average molecular weight is 301 g/mol. The molecule has 0 atom stereocenters. The van der Waals surface area contributed by atoms with E-state index in [1.54, 1.807) is 0 Å². The first kappa shape index (κ1) is 12.2. The topological polar surface area (TPSA) is 129 Å². The van der Waals surface area contributed by atoms with Crippen LogP contribution in [0, 0.1) is 0 Å². The maximum Gasteiger partial charge on any atom is 0.359 e. The lowest BCUT2D eigenvalue weighted by Gasteiger charge is -2.08. The molecule has 0 bridgehead atoms. The highest BCUT2D eigenvalue weighted by Gasteiger charge is 2.24. The zero-order valence-electron chi connectivity index (χ0n) is 9.10. The van der Waals surface area contributed by atoms with Gasteiger partial charge in [-0.25, -0.2) is 4.98 Å². The molecule has 3 N–H and O–H groups in total. The minimum atomic E-state index is -4.48. The van der Waals surface area contributed by atoms with Crippen LogP contribution in [0.3, 0.4) is 0 Å². The number of rotatable bonds is 2. The van der Waals surface area contributed by atoms with Crippen LogP contribution >= 0.6 is 19.2 Å². The fourth-order valence-electron chi connectivity index (χ4n) is 1.67. The Morgan fingerprint density at radius 2 is 2.16 bits per heavy atom. The van der Waals surface area contributed by atoms with Crippen LogP contribution in [0.1, 0.15) is 0 Å². The summed E-state index contributed by atoms with van der Waals surface area (Å²) in [6.07, 6.45) is 1.44. The number of hydrogen-bond acceptors (Lipinski definition) is 5. The Morgan fingerprint density at radius 1 is 1.37 bits per heavy atom. The maximum atomic E-state index is 11.3. The first-order valence-corrected chi connectivity index (χ1v) is 6.93. The standard InChI is InChI=1S/C8H6ClN6O3P/c9-7-5(19(16,17)18)1-2-6-10-3-4(15(6)7)8-11-13-14-12-8/h1-3H,(H2,16,17,18)(H,11,12,13,14). The largest absolute Gasteiger partial charge is 0.359 e. The molecule has 98 valence electrons. The molecule has 9 nitrogen and oxygen atoms in total. The molecule has 0 aromatic carbocycles. The number of pyridine rings is 1. The first-order chi connectivity index (χ1) is 8.98. The number of halogens is 1. The van der Waals surface area contributed by atoms with Gasteiger partial charge in [0.05, 0.1) is 11.5 Å². The summed E-state index contributed by atoms with van der Waals surface area (Å²) in [5.74, 6) is 0.220. The van der Waals surface area contributed by atoms with E-state index in [1.165, 1.54) is 22.7 Å². The molecule has 0 aliphatic heterocycles. The Balaban J connectivity index is 2.36. The van der Waals surface area contributed by atoms with E-state index in [1.807, 2.05) is 0 Å². The van der Waals surface area contributed by atoms with Crippen molar-refractivity contribution in [3.8, 4) is 11.5 Å². The third kappa shape index (κ3) is 1.92. The van der Waals surface area contributed by atoms with Crippen molar-refractivity contribution in [2.75, 3.05) is 0 Å². The maximum absolute atomic E-state index is 11.3. The summed E-state index contributed by atoms with van der Waals surface area (Å²) in [5.41, 5.74) is 0.797. The van der Waals surface area contributed by atoms with Crippen LogP contribution in [0.25, 0.3) is 17.2 Å². The van der Waals surface area contributed by atoms with E-state index in [9.17, 15) is 14.4 Å². The predicted octanol–water partition coefficient (Wildman–Crippen LogP) is -0.0292. The smallest absolute Gasteiger partial charge is 0.321 e. The Bertz CT molecular complexity index is 794. The molecule has 0 radical (unpaired) electrons. The molecule has 0 saturated carbocycles. The van der Waals surface area contributed by atoms with Gasteiger partial charge in [-0.2, -0.15) is 5.21 Å². The summed E-state index contributed by atoms with van der Waals surface area (Å²) in [6, 6.07) is 2.69. The Labute approximate surface area is 110 Å². The number of nitrogens with zero attached hydrogens (tertiary/aromatic N) is 5. The normalized spacial score (nSPS) is 12.2. The van der Waals surface area contributed by atoms with Gasteiger partial charge in [-0.05, 0) is 17.3 Å². The first-order valence-electron chi connectivity index (χ1n) is 4.94. The van der Waals surface area contributed by atoms with Gasteiger partial charge in [-0.15, -0.1) is 10.2 Å². The number of aromatic nitrogens is 6. The monoisotopic (exact) mass is 300 g/mol. The summed E-state index contributed by atoms with van der Waals surface area (Å²) in [4.78, 5) is 22.5. The average Bonchev–Trinajstić information content (AvgIpc) is 2.95. The van der Waals surface area contributed by atoms with E-state index in [2.05, 4.69) is 25.6 Å². The van der Waals surface area contributed by atoms with E-state index >= 15 is 0 Å². The van der Waals surface area contributed by atoms with Gasteiger partial charge in [-0.3, -0.25) is 8.97 Å². The van der Waals surface area contributed by atoms with Gasteiger partial charge in [0, 0.05) is 0 Å². The Morgan fingerprint density at radius 3 is 2.79 bits per heavy atom. The van der Waals surface area contributed by atoms with Crippen molar-refractivity contribution in [3.63, 3.8) is 0 Å². The van der Waals surface area contributed by atoms with Gasteiger partial charge in [0.15, 0.2) is 0 Å². The summed E-state index contributed by atoms with van der Waals surface area (Å²) >= 11 is 6.03. The van der Waals surface area contributed by atoms with E-state index in [0.29, 0.717) is 11.3 Å².